The Bertz CT molecular complexity index is 468. The number of carboxylic acids is 1. The maximum absolute atomic E-state index is 11.1. The highest BCUT2D eigenvalue weighted by molar-refractivity contribution is 5.88. The highest BCUT2D eigenvalue weighted by Gasteiger charge is 2.32. The van der Waals surface area contributed by atoms with Crippen LogP contribution in [0.4, 0.5) is 0 Å². The maximum atomic E-state index is 11.1. The van der Waals surface area contributed by atoms with Gasteiger partial charge in [-0.25, -0.2) is 14.8 Å². The molecule has 5 nitrogen and oxygen atoms in total. The summed E-state index contributed by atoms with van der Waals surface area (Å²) in [4.78, 5) is 21.3. The van der Waals surface area contributed by atoms with Gasteiger partial charge in [-0.05, 0) is 24.3 Å². The molecule has 2 rings (SSSR count). The molecule has 5 heteroatoms. The van der Waals surface area contributed by atoms with Crippen molar-refractivity contribution < 1.29 is 9.90 Å². The number of carboxylic acid groups (broad SMARTS) is 1. The second-order valence-electron chi connectivity index (χ2n) is 6.28. The number of rotatable bonds is 3. The van der Waals surface area contributed by atoms with E-state index in [-0.39, 0.29) is 5.56 Å². The number of carbonyl (C=O) groups is 1. The van der Waals surface area contributed by atoms with Crippen LogP contribution in [0, 0.1) is 11.3 Å². The molecule has 1 atom stereocenters. The lowest BCUT2D eigenvalue weighted by Gasteiger charge is -2.27. The smallest absolute Gasteiger partial charge is 0.339 e. The molecule has 0 aromatic carbocycles. The summed E-state index contributed by atoms with van der Waals surface area (Å²) >= 11 is 0. The fraction of sp³-hybridized carbons (Fsp3) is 0.643. The average Bonchev–Trinajstić information content (AvgIpc) is 2.77. The lowest BCUT2D eigenvalue weighted by Crippen LogP contribution is -2.26. The Kier molecular flexibility index (Phi) is 3.85. The summed E-state index contributed by atoms with van der Waals surface area (Å²) in [6, 6.07) is 0. The summed E-state index contributed by atoms with van der Waals surface area (Å²) in [7, 11) is 0. The number of aromatic carboxylic acids is 1. The van der Waals surface area contributed by atoms with Crippen molar-refractivity contribution in [2.45, 2.75) is 33.7 Å². The first-order valence-electron chi connectivity index (χ1n) is 6.62. The van der Waals surface area contributed by atoms with Crippen LogP contribution in [0.2, 0.25) is 0 Å². The second-order valence-corrected chi connectivity index (χ2v) is 6.28. The van der Waals surface area contributed by atoms with Crippen molar-refractivity contribution in [3.05, 3.63) is 23.8 Å². The van der Waals surface area contributed by atoms with Gasteiger partial charge in [-0.15, -0.1) is 0 Å². The number of aromatic nitrogens is 2. The van der Waals surface area contributed by atoms with Gasteiger partial charge >= 0.3 is 5.97 Å². The minimum absolute atomic E-state index is 0.210. The first kappa shape index (κ1) is 13.9. The van der Waals surface area contributed by atoms with Crippen LogP contribution in [-0.2, 0) is 6.54 Å². The first-order chi connectivity index (χ1) is 8.88. The Morgan fingerprint density at radius 1 is 1.53 bits per heavy atom. The fourth-order valence-corrected chi connectivity index (χ4v) is 2.55. The third kappa shape index (κ3) is 3.29. The van der Waals surface area contributed by atoms with E-state index in [0.29, 0.717) is 23.6 Å². The zero-order chi connectivity index (χ0) is 14.0. The number of hydrogen-bond acceptors (Lipinski definition) is 4. The van der Waals surface area contributed by atoms with Crippen molar-refractivity contribution in [1.82, 2.24) is 14.9 Å². The molecule has 19 heavy (non-hydrogen) atoms. The highest BCUT2D eigenvalue weighted by Crippen LogP contribution is 2.34. The molecule has 1 saturated heterocycles. The summed E-state index contributed by atoms with van der Waals surface area (Å²) in [5, 5.41) is 9.12. The lowest BCUT2D eigenvalue weighted by atomic mass is 9.80. The van der Waals surface area contributed by atoms with Crippen LogP contribution < -0.4 is 0 Å². The zero-order valence-electron chi connectivity index (χ0n) is 11.8. The molecule has 1 unspecified atom stereocenters. The maximum Gasteiger partial charge on any atom is 0.339 e. The topological polar surface area (TPSA) is 66.3 Å². The molecule has 1 aliphatic rings. The van der Waals surface area contributed by atoms with Gasteiger partial charge < -0.3 is 5.11 Å². The third-order valence-electron chi connectivity index (χ3n) is 3.90. The van der Waals surface area contributed by atoms with E-state index in [1.54, 1.807) is 0 Å². The Morgan fingerprint density at radius 2 is 2.26 bits per heavy atom. The largest absolute Gasteiger partial charge is 0.478 e. The van der Waals surface area contributed by atoms with Gasteiger partial charge in [0.05, 0.1) is 5.69 Å². The molecule has 104 valence electrons. The van der Waals surface area contributed by atoms with E-state index >= 15 is 0 Å². The van der Waals surface area contributed by atoms with Crippen LogP contribution >= 0.6 is 0 Å². The van der Waals surface area contributed by atoms with Gasteiger partial charge in [-0.3, -0.25) is 4.90 Å². The SMILES string of the molecule is CC(C)(C)C1CCN(Cc2ncncc2C(=O)O)C1. The Labute approximate surface area is 113 Å². The third-order valence-corrected chi connectivity index (χ3v) is 3.90. The Balaban J connectivity index is 2.06. The molecule has 0 bridgehead atoms. The van der Waals surface area contributed by atoms with Crippen LogP contribution in [0.5, 0.6) is 0 Å². The van der Waals surface area contributed by atoms with Gasteiger partial charge in [0, 0.05) is 19.3 Å². The van der Waals surface area contributed by atoms with Crippen molar-refractivity contribution in [2.75, 3.05) is 13.1 Å². The van der Waals surface area contributed by atoms with Crippen LogP contribution in [0.15, 0.2) is 12.5 Å². The van der Waals surface area contributed by atoms with Crippen molar-refractivity contribution >= 4 is 5.97 Å². The Hall–Kier alpha value is -1.49. The molecule has 1 aliphatic heterocycles. The van der Waals surface area contributed by atoms with E-state index in [4.69, 9.17) is 5.11 Å². The molecule has 1 aromatic rings. The monoisotopic (exact) mass is 263 g/mol. The van der Waals surface area contributed by atoms with Crippen molar-refractivity contribution in [2.24, 2.45) is 11.3 Å². The fourth-order valence-electron chi connectivity index (χ4n) is 2.55. The summed E-state index contributed by atoms with van der Waals surface area (Å²) in [6.07, 6.45) is 3.96. The van der Waals surface area contributed by atoms with Gasteiger partial charge in [0.1, 0.15) is 11.9 Å². The average molecular weight is 263 g/mol. The van der Waals surface area contributed by atoms with Crippen molar-refractivity contribution in [3.8, 4) is 0 Å². The van der Waals surface area contributed by atoms with Crippen LogP contribution in [0.3, 0.4) is 0 Å². The van der Waals surface area contributed by atoms with Gasteiger partial charge in [0.25, 0.3) is 0 Å². The molecule has 0 saturated carbocycles. The van der Waals surface area contributed by atoms with Crippen LogP contribution in [0.1, 0.15) is 43.2 Å². The molecule has 1 N–H and O–H groups in total. The number of nitrogens with zero attached hydrogens (tertiary/aromatic N) is 3. The molecule has 0 aliphatic carbocycles. The summed E-state index contributed by atoms with van der Waals surface area (Å²) in [6.45, 7) is 9.38. The summed E-state index contributed by atoms with van der Waals surface area (Å²) in [5.41, 5.74) is 1.12. The van der Waals surface area contributed by atoms with Gasteiger partial charge in [0.2, 0.25) is 0 Å². The molecule has 2 heterocycles. The molecular formula is C14H21N3O2. The highest BCUT2D eigenvalue weighted by atomic mass is 16.4. The lowest BCUT2D eigenvalue weighted by molar-refractivity contribution is 0.0693. The molecule has 1 aromatic heterocycles. The molecule has 1 fully saturated rings. The quantitative estimate of drug-likeness (QED) is 0.904. The summed E-state index contributed by atoms with van der Waals surface area (Å²) < 4.78 is 0. The minimum atomic E-state index is -0.956. The molecule has 0 amide bonds. The molecule has 0 spiro atoms. The standard InChI is InChI=1S/C14H21N3O2/c1-14(2,3)10-4-5-17(7-10)8-12-11(13(18)19)6-15-9-16-12/h6,9-10H,4-5,7-8H2,1-3H3,(H,18,19). The first-order valence-corrected chi connectivity index (χ1v) is 6.62. The van der Waals surface area contributed by atoms with Gasteiger partial charge in [-0.2, -0.15) is 0 Å². The van der Waals surface area contributed by atoms with E-state index in [9.17, 15) is 4.79 Å². The van der Waals surface area contributed by atoms with Crippen molar-refractivity contribution in [3.63, 3.8) is 0 Å². The second kappa shape index (κ2) is 5.25. The van der Waals surface area contributed by atoms with Gasteiger partial charge in [0.15, 0.2) is 0 Å². The van der Waals surface area contributed by atoms with E-state index in [1.807, 2.05) is 0 Å². The number of likely N-dealkylation sites (tertiary alicyclic amines) is 1. The predicted molar refractivity (Wildman–Crippen MR) is 71.8 cm³/mol. The minimum Gasteiger partial charge on any atom is -0.478 e. The van der Waals surface area contributed by atoms with Crippen LogP contribution in [0.25, 0.3) is 0 Å². The Morgan fingerprint density at radius 3 is 2.84 bits per heavy atom. The predicted octanol–water partition coefficient (Wildman–Crippen LogP) is 2.04. The normalized spacial score (nSPS) is 20.7. The van der Waals surface area contributed by atoms with E-state index < -0.39 is 5.97 Å². The molecular weight excluding hydrogens is 242 g/mol. The zero-order valence-corrected chi connectivity index (χ0v) is 11.8. The van der Waals surface area contributed by atoms with Gasteiger partial charge in [-0.1, -0.05) is 20.8 Å². The summed E-state index contributed by atoms with van der Waals surface area (Å²) in [5.74, 6) is -0.301. The van der Waals surface area contributed by atoms with Crippen molar-refractivity contribution in [1.29, 1.82) is 0 Å². The van der Waals surface area contributed by atoms with Crippen LogP contribution in [-0.4, -0.2) is 39.0 Å². The van der Waals surface area contributed by atoms with E-state index in [0.717, 1.165) is 19.5 Å². The number of hydrogen-bond donors (Lipinski definition) is 1. The van der Waals surface area contributed by atoms with E-state index in [1.165, 1.54) is 12.5 Å². The van der Waals surface area contributed by atoms with E-state index in [2.05, 4.69) is 35.6 Å². The molecule has 0 radical (unpaired) electrons.